The van der Waals surface area contributed by atoms with E-state index >= 15 is 0 Å². The van der Waals surface area contributed by atoms with Gasteiger partial charge in [-0.1, -0.05) is 20.3 Å². The third-order valence-electron chi connectivity index (χ3n) is 8.34. The van der Waals surface area contributed by atoms with E-state index in [-0.39, 0.29) is 18.3 Å². The molecule has 0 aromatic heterocycles. The zero-order chi connectivity index (χ0) is 14.9. The molecule has 120 valence electrons. The standard InChI is InChI=1S/C19H30F2/c1-17-9-3-4-15(17)14-6-5-13-7-11-19(20,21)12-18(13,2)16(14)8-10-17/h13-16H,3-12H2,1-2H3/t13-,14-,15-,16-,17-,18-/m0/s1. The highest BCUT2D eigenvalue weighted by Gasteiger charge is 2.60. The normalized spacial score (nSPS) is 55.4. The Balaban J connectivity index is 1.65. The Morgan fingerprint density at radius 2 is 1.62 bits per heavy atom. The van der Waals surface area contributed by atoms with Crippen LogP contribution in [0, 0.1) is 34.5 Å². The molecule has 4 rings (SSSR count). The second-order valence-electron chi connectivity index (χ2n) is 9.31. The van der Waals surface area contributed by atoms with Gasteiger partial charge in [-0.05, 0) is 79.4 Å². The Morgan fingerprint density at radius 3 is 2.43 bits per heavy atom. The molecule has 0 saturated heterocycles. The van der Waals surface area contributed by atoms with Crippen LogP contribution in [0.1, 0.15) is 78.1 Å². The van der Waals surface area contributed by atoms with Gasteiger partial charge in [0.15, 0.2) is 0 Å². The molecule has 4 fully saturated rings. The zero-order valence-electron chi connectivity index (χ0n) is 13.6. The smallest absolute Gasteiger partial charge is 0.207 e. The van der Waals surface area contributed by atoms with E-state index in [4.69, 9.17) is 0 Å². The molecule has 0 N–H and O–H groups in total. The molecule has 0 amide bonds. The molecule has 0 spiro atoms. The van der Waals surface area contributed by atoms with Gasteiger partial charge >= 0.3 is 0 Å². The maximum absolute atomic E-state index is 14.1. The summed E-state index contributed by atoms with van der Waals surface area (Å²) in [6, 6.07) is 0. The van der Waals surface area contributed by atoms with Gasteiger partial charge in [0.05, 0.1) is 0 Å². The SMILES string of the molecule is C[C@@]12CCC[C@H]1[C@@H]1CC[C@H]3CCC(F)(F)C[C@]3(C)[C@H]1CC2. The van der Waals surface area contributed by atoms with Crippen molar-refractivity contribution < 1.29 is 8.78 Å². The summed E-state index contributed by atoms with van der Waals surface area (Å²) in [5.74, 6) is 0.345. The maximum Gasteiger partial charge on any atom is 0.248 e. The number of halogens is 2. The van der Waals surface area contributed by atoms with Crippen molar-refractivity contribution >= 4 is 0 Å². The molecule has 4 saturated carbocycles. The minimum atomic E-state index is -2.40. The molecule has 2 heteroatoms. The van der Waals surface area contributed by atoms with E-state index in [1.807, 2.05) is 0 Å². The summed E-state index contributed by atoms with van der Waals surface area (Å²) in [6.07, 6.45) is 10.3. The van der Waals surface area contributed by atoms with Crippen LogP contribution in [0.15, 0.2) is 0 Å². The zero-order valence-corrected chi connectivity index (χ0v) is 13.6. The average molecular weight is 296 g/mol. The predicted octanol–water partition coefficient (Wildman–Crippen LogP) is 6.05. The lowest BCUT2D eigenvalue weighted by Crippen LogP contribution is -2.54. The number of hydrogen-bond donors (Lipinski definition) is 0. The number of hydrogen-bond acceptors (Lipinski definition) is 0. The van der Waals surface area contributed by atoms with Crippen LogP contribution in [-0.2, 0) is 0 Å². The van der Waals surface area contributed by atoms with Crippen LogP contribution in [0.3, 0.4) is 0 Å². The first-order valence-electron chi connectivity index (χ1n) is 9.22. The molecule has 0 aromatic rings. The van der Waals surface area contributed by atoms with E-state index in [1.165, 1.54) is 44.9 Å². The topological polar surface area (TPSA) is 0 Å². The van der Waals surface area contributed by atoms with Gasteiger partial charge in [-0.2, -0.15) is 0 Å². The summed E-state index contributed by atoms with van der Waals surface area (Å²) < 4.78 is 28.2. The van der Waals surface area contributed by atoms with Crippen molar-refractivity contribution in [3.8, 4) is 0 Å². The van der Waals surface area contributed by atoms with E-state index < -0.39 is 5.92 Å². The number of rotatable bonds is 0. The van der Waals surface area contributed by atoms with Gasteiger partial charge in [0, 0.05) is 12.8 Å². The van der Waals surface area contributed by atoms with Gasteiger partial charge in [0.25, 0.3) is 0 Å². The molecule has 0 aromatic carbocycles. The second-order valence-corrected chi connectivity index (χ2v) is 9.31. The Hall–Kier alpha value is -0.140. The Morgan fingerprint density at radius 1 is 0.810 bits per heavy atom. The maximum atomic E-state index is 14.1. The fraction of sp³-hybridized carbons (Fsp3) is 1.00. The van der Waals surface area contributed by atoms with Gasteiger partial charge < -0.3 is 0 Å². The average Bonchev–Trinajstić information content (AvgIpc) is 2.78. The van der Waals surface area contributed by atoms with Gasteiger partial charge in [-0.25, -0.2) is 8.78 Å². The van der Waals surface area contributed by atoms with Crippen LogP contribution in [-0.4, -0.2) is 5.92 Å². The quantitative estimate of drug-likeness (QED) is 0.510. The Bertz CT molecular complexity index is 431. The molecule has 0 aliphatic heterocycles. The van der Waals surface area contributed by atoms with Gasteiger partial charge in [-0.3, -0.25) is 0 Å². The minimum Gasteiger partial charge on any atom is -0.207 e. The second kappa shape index (κ2) is 4.45. The van der Waals surface area contributed by atoms with Gasteiger partial charge in [-0.15, -0.1) is 0 Å². The summed E-state index contributed by atoms with van der Waals surface area (Å²) in [6.45, 7) is 4.73. The molecule has 0 nitrogen and oxygen atoms in total. The Kier molecular flexibility index (Phi) is 3.06. The van der Waals surface area contributed by atoms with Gasteiger partial charge in [0.1, 0.15) is 0 Å². The van der Waals surface area contributed by atoms with Crippen LogP contribution in [0.5, 0.6) is 0 Å². The Labute approximate surface area is 128 Å². The summed E-state index contributed by atoms with van der Waals surface area (Å²) in [5, 5.41) is 0. The summed E-state index contributed by atoms with van der Waals surface area (Å²) >= 11 is 0. The number of alkyl halides is 2. The van der Waals surface area contributed by atoms with E-state index in [9.17, 15) is 8.78 Å². The molecule has 6 atom stereocenters. The third-order valence-corrected chi connectivity index (χ3v) is 8.34. The third kappa shape index (κ3) is 2.03. The van der Waals surface area contributed by atoms with E-state index in [0.29, 0.717) is 17.3 Å². The van der Waals surface area contributed by atoms with Crippen molar-refractivity contribution in [2.75, 3.05) is 0 Å². The molecule has 0 unspecified atom stereocenters. The van der Waals surface area contributed by atoms with Crippen LogP contribution < -0.4 is 0 Å². The molecule has 21 heavy (non-hydrogen) atoms. The van der Waals surface area contributed by atoms with Crippen molar-refractivity contribution in [2.24, 2.45) is 34.5 Å². The lowest BCUT2D eigenvalue weighted by atomic mass is 9.45. The molecule has 0 radical (unpaired) electrons. The summed E-state index contributed by atoms with van der Waals surface area (Å²) in [7, 11) is 0. The van der Waals surface area contributed by atoms with Crippen LogP contribution in [0.2, 0.25) is 0 Å². The predicted molar refractivity (Wildman–Crippen MR) is 81.3 cm³/mol. The highest BCUT2D eigenvalue weighted by atomic mass is 19.3. The minimum absolute atomic E-state index is 0.0748. The van der Waals surface area contributed by atoms with Crippen LogP contribution in [0.25, 0.3) is 0 Å². The van der Waals surface area contributed by atoms with E-state index in [1.54, 1.807) is 0 Å². The van der Waals surface area contributed by atoms with Crippen molar-refractivity contribution in [3.63, 3.8) is 0 Å². The molecular formula is C19H30F2. The van der Waals surface area contributed by atoms with Crippen LogP contribution >= 0.6 is 0 Å². The first-order valence-corrected chi connectivity index (χ1v) is 9.22. The fourth-order valence-electron chi connectivity index (χ4n) is 7.31. The first-order chi connectivity index (χ1) is 9.84. The fourth-order valence-corrected chi connectivity index (χ4v) is 7.31. The van der Waals surface area contributed by atoms with Crippen molar-refractivity contribution in [2.45, 2.75) is 84.0 Å². The lowest BCUT2D eigenvalue weighted by Gasteiger charge is -2.60. The van der Waals surface area contributed by atoms with Crippen molar-refractivity contribution in [1.82, 2.24) is 0 Å². The molecule has 0 bridgehead atoms. The van der Waals surface area contributed by atoms with E-state index in [0.717, 1.165) is 18.3 Å². The van der Waals surface area contributed by atoms with Crippen molar-refractivity contribution in [3.05, 3.63) is 0 Å². The molecule has 0 heterocycles. The van der Waals surface area contributed by atoms with Gasteiger partial charge in [0.2, 0.25) is 5.92 Å². The monoisotopic (exact) mass is 296 g/mol. The molecule has 4 aliphatic carbocycles. The van der Waals surface area contributed by atoms with E-state index in [2.05, 4.69) is 13.8 Å². The highest BCUT2D eigenvalue weighted by Crippen LogP contribution is 2.67. The summed E-state index contributed by atoms with van der Waals surface area (Å²) in [5.41, 5.74) is 0.468. The largest absolute Gasteiger partial charge is 0.248 e. The number of fused-ring (bicyclic) bond motifs is 5. The van der Waals surface area contributed by atoms with Crippen LogP contribution in [0.4, 0.5) is 8.78 Å². The lowest BCUT2D eigenvalue weighted by molar-refractivity contribution is -0.169. The van der Waals surface area contributed by atoms with Crippen molar-refractivity contribution in [1.29, 1.82) is 0 Å². The first kappa shape index (κ1) is 14.5. The highest BCUT2D eigenvalue weighted by molar-refractivity contribution is 5.08. The molecule has 4 aliphatic rings. The summed E-state index contributed by atoms with van der Waals surface area (Å²) in [4.78, 5) is 0. The molecular weight excluding hydrogens is 266 g/mol.